The molecular formula is C21H23FN2O2. The molecule has 0 bridgehead atoms. The second-order valence-electron chi connectivity index (χ2n) is 6.66. The molecule has 0 spiro atoms. The molecule has 26 heavy (non-hydrogen) atoms. The van der Waals surface area contributed by atoms with Crippen LogP contribution in [0.15, 0.2) is 54.6 Å². The van der Waals surface area contributed by atoms with Crippen LogP contribution in [0.4, 0.5) is 4.39 Å². The van der Waals surface area contributed by atoms with Gasteiger partial charge in [0.2, 0.25) is 11.8 Å². The molecule has 0 aromatic heterocycles. The summed E-state index contributed by atoms with van der Waals surface area (Å²) in [5.74, 6) is -0.810. The van der Waals surface area contributed by atoms with Crippen molar-refractivity contribution in [3.05, 3.63) is 71.5 Å². The molecular weight excluding hydrogens is 331 g/mol. The Hall–Kier alpha value is -2.69. The molecule has 2 aromatic rings. The van der Waals surface area contributed by atoms with E-state index >= 15 is 0 Å². The lowest BCUT2D eigenvalue weighted by Gasteiger charge is -2.26. The molecule has 3 rings (SSSR count). The van der Waals surface area contributed by atoms with Gasteiger partial charge in [-0.1, -0.05) is 48.5 Å². The predicted octanol–water partition coefficient (Wildman–Crippen LogP) is 3.27. The van der Waals surface area contributed by atoms with E-state index in [9.17, 15) is 14.0 Å². The number of hydrogen-bond acceptors (Lipinski definition) is 2. The third-order valence-corrected chi connectivity index (χ3v) is 4.88. The van der Waals surface area contributed by atoms with E-state index in [-0.39, 0.29) is 24.2 Å². The van der Waals surface area contributed by atoms with Crippen molar-refractivity contribution < 1.29 is 14.0 Å². The minimum Gasteiger partial charge on any atom is -0.351 e. The zero-order valence-electron chi connectivity index (χ0n) is 14.9. The first-order valence-electron chi connectivity index (χ1n) is 8.92. The van der Waals surface area contributed by atoms with E-state index in [2.05, 4.69) is 5.32 Å². The minimum atomic E-state index is -0.990. The number of carbonyl (C=O) groups excluding carboxylic acids is 2. The summed E-state index contributed by atoms with van der Waals surface area (Å²) in [5, 5.41) is 2.74. The lowest BCUT2D eigenvalue weighted by molar-refractivity contribution is -0.144. The molecule has 136 valence electrons. The zero-order valence-corrected chi connectivity index (χ0v) is 14.9. The van der Waals surface area contributed by atoms with E-state index < -0.39 is 5.41 Å². The van der Waals surface area contributed by atoms with Crippen molar-refractivity contribution in [2.45, 2.75) is 32.9 Å². The van der Waals surface area contributed by atoms with Crippen LogP contribution in [0.5, 0.6) is 0 Å². The van der Waals surface area contributed by atoms with Gasteiger partial charge in [0.1, 0.15) is 11.2 Å². The van der Waals surface area contributed by atoms with Crippen molar-refractivity contribution in [3.8, 4) is 0 Å². The molecule has 0 heterocycles. The molecule has 0 aliphatic heterocycles. The van der Waals surface area contributed by atoms with Gasteiger partial charge in [0.05, 0.1) is 0 Å². The molecule has 1 aliphatic carbocycles. The molecule has 2 amide bonds. The van der Waals surface area contributed by atoms with Crippen molar-refractivity contribution >= 4 is 11.8 Å². The van der Waals surface area contributed by atoms with E-state index in [0.717, 1.165) is 5.56 Å². The second-order valence-corrected chi connectivity index (χ2v) is 6.66. The number of hydrogen-bond donors (Lipinski definition) is 1. The van der Waals surface area contributed by atoms with Crippen LogP contribution in [-0.4, -0.2) is 23.3 Å². The van der Waals surface area contributed by atoms with Crippen molar-refractivity contribution in [2.24, 2.45) is 5.41 Å². The van der Waals surface area contributed by atoms with E-state index in [0.29, 0.717) is 31.5 Å². The predicted molar refractivity (Wildman–Crippen MR) is 97.4 cm³/mol. The molecule has 1 saturated carbocycles. The summed E-state index contributed by atoms with van der Waals surface area (Å²) in [6.45, 7) is 3.02. The number of carbonyl (C=O) groups is 2. The van der Waals surface area contributed by atoms with Crippen LogP contribution in [0.2, 0.25) is 0 Å². The lowest BCUT2D eigenvalue weighted by Crippen LogP contribution is -2.44. The number of rotatable bonds is 7. The second kappa shape index (κ2) is 7.68. The highest BCUT2D eigenvalue weighted by molar-refractivity contribution is 6.07. The number of nitrogens with zero attached hydrogens (tertiary/aromatic N) is 1. The maximum absolute atomic E-state index is 13.7. The SMILES string of the molecule is CCN(Cc1ccccc1)C(=O)C1(C(=O)NCc2ccccc2F)CC1. The summed E-state index contributed by atoms with van der Waals surface area (Å²) in [7, 11) is 0. The fourth-order valence-electron chi connectivity index (χ4n) is 3.08. The van der Waals surface area contributed by atoms with Gasteiger partial charge in [0, 0.05) is 25.2 Å². The highest BCUT2D eigenvalue weighted by Gasteiger charge is 2.57. The maximum atomic E-state index is 13.7. The van der Waals surface area contributed by atoms with Crippen LogP contribution in [-0.2, 0) is 22.7 Å². The first kappa shape index (κ1) is 18.1. The zero-order chi connectivity index (χ0) is 18.6. The quantitative estimate of drug-likeness (QED) is 0.776. The van der Waals surface area contributed by atoms with Crippen LogP contribution in [0.25, 0.3) is 0 Å². The summed E-state index contributed by atoms with van der Waals surface area (Å²) >= 11 is 0. The highest BCUT2D eigenvalue weighted by Crippen LogP contribution is 2.47. The summed E-state index contributed by atoms with van der Waals surface area (Å²) in [6.07, 6.45) is 1.08. The Morgan fingerprint density at radius 1 is 1.08 bits per heavy atom. The van der Waals surface area contributed by atoms with Crippen LogP contribution < -0.4 is 5.32 Å². The topological polar surface area (TPSA) is 49.4 Å². The van der Waals surface area contributed by atoms with Gasteiger partial charge in [-0.2, -0.15) is 0 Å². The Kier molecular flexibility index (Phi) is 5.35. The van der Waals surface area contributed by atoms with Crippen LogP contribution in [0.3, 0.4) is 0 Å². The van der Waals surface area contributed by atoms with Gasteiger partial charge in [-0.15, -0.1) is 0 Å². The molecule has 2 aromatic carbocycles. The van der Waals surface area contributed by atoms with Gasteiger partial charge in [-0.05, 0) is 31.4 Å². The normalized spacial score (nSPS) is 14.5. The van der Waals surface area contributed by atoms with Gasteiger partial charge in [-0.3, -0.25) is 9.59 Å². The van der Waals surface area contributed by atoms with E-state index in [1.807, 2.05) is 37.3 Å². The van der Waals surface area contributed by atoms with E-state index in [4.69, 9.17) is 0 Å². The number of amides is 2. The highest BCUT2D eigenvalue weighted by atomic mass is 19.1. The van der Waals surface area contributed by atoms with Crippen LogP contribution in [0.1, 0.15) is 30.9 Å². The summed E-state index contributed by atoms with van der Waals surface area (Å²) in [4.78, 5) is 27.3. The molecule has 0 saturated heterocycles. The third-order valence-electron chi connectivity index (χ3n) is 4.88. The molecule has 1 N–H and O–H groups in total. The van der Waals surface area contributed by atoms with Gasteiger partial charge in [0.15, 0.2) is 0 Å². The molecule has 0 unspecified atom stereocenters. The summed E-state index contributed by atoms with van der Waals surface area (Å²) in [5.41, 5.74) is 0.460. The standard InChI is InChI=1S/C21H23FN2O2/c1-2-24(15-16-8-4-3-5-9-16)20(26)21(12-13-21)19(25)23-14-17-10-6-7-11-18(17)22/h3-11H,2,12-15H2,1H3,(H,23,25). The van der Waals surface area contributed by atoms with E-state index in [1.54, 1.807) is 23.1 Å². The number of halogens is 1. The summed E-state index contributed by atoms with van der Waals surface area (Å²) in [6, 6.07) is 16.0. The average molecular weight is 354 g/mol. The van der Waals surface area contributed by atoms with Gasteiger partial charge in [-0.25, -0.2) is 4.39 Å². The monoisotopic (exact) mass is 354 g/mol. The maximum Gasteiger partial charge on any atom is 0.238 e. The molecule has 5 heteroatoms. The Morgan fingerprint density at radius 2 is 1.73 bits per heavy atom. The molecule has 1 fully saturated rings. The smallest absolute Gasteiger partial charge is 0.238 e. The Morgan fingerprint density at radius 3 is 2.35 bits per heavy atom. The van der Waals surface area contributed by atoms with Crippen molar-refractivity contribution in [1.29, 1.82) is 0 Å². The molecule has 0 atom stereocenters. The van der Waals surface area contributed by atoms with Crippen molar-refractivity contribution in [3.63, 3.8) is 0 Å². The largest absolute Gasteiger partial charge is 0.351 e. The van der Waals surface area contributed by atoms with Gasteiger partial charge >= 0.3 is 0 Å². The fourth-order valence-corrected chi connectivity index (χ4v) is 3.08. The lowest BCUT2D eigenvalue weighted by atomic mass is 10.0. The Bertz CT molecular complexity index is 788. The Labute approximate surface area is 153 Å². The van der Waals surface area contributed by atoms with Gasteiger partial charge in [0.25, 0.3) is 0 Å². The van der Waals surface area contributed by atoms with Crippen LogP contribution in [0, 0.1) is 11.2 Å². The minimum absolute atomic E-state index is 0.0886. The average Bonchev–Trinajstić information content (AvgIpc) is 3.47. The summed E-state index contributed by atoms with van der Waals surface area (Å²) < 4.78 is 13.7. The molecule has 1 aliphatic rings. The van der Waals surface area contributed by atoms with E-state index in [1.165, 1.54) is 6.07 Å². The van der Waals surface area contributed by atoms with Crippen molar-refractivity contribution in [1.82, 2.24) is 10.2 Å². The first-order chi connectivity index (χ1) is 12.6. The number of benzene rings is 2. The third kappa shape index (κ3) is 3.77. The number of nitrogens with one attached hydrogen (secondary N) is 1. The molecule has 4 nitrogen and oxygen atoms in total. The Balaban J connectivity index is 1.65. The molecule has 0 radical (unpaired) electrons. The van der Waals surface area contributed by atoms with Crippen molar-refractivity contribution in [2.75, 3.05) is 6.54 Å². The first-order valence-corrected chi connectivity index (χ1v) is 8.92. The van der Waals surface area contributed by atoms with Gasteiger partial charge < -0.3 is 10.2 Å². The van der Waals surface area contributed by atoms with Crippen LogP contribution >= 0.6 is 0 Å². The fraction of sp³-hybridized carbons (Fsp3) is 0.333.